The number of ether oxygens (including phenoxy) is 2. The number of esters is 1. The van der Waals surface area contributed by atoms with Crippen LogP contribution in [-0.2, 0) is 20.5 Å². The number of rotatable bonds is 12. The third-order valence-corrected chi connectivity index (χ3v) is 5.66. The van der Waals surface area contributed by atoms with Gasteiger partial charge in [0.25, 0.3) is 0 Å². The second kappa shape index (κ2) is 13.4. The zero-order chi connectivity index (χ0) is 26.0. The molecular formula is C26H33F3O6. The van der Waals surface area contributed by atoms with E-state index in [1.165, 1.54) is 24.3 Å². The van der Waals surface area contributed by atoms with E-state index in [0.717, 1.165) is 12.1 Å². The molecule has 0 bridgehead atoms. The van der Waals surface area contributed by atoms with Crippen LogP contribution in [0.3, 0.4) is 0 Å². The molecule has 1 aliphatic carbocycles. The van der Waals surface area contributed by atoms with Gasteiger partial charge in [0.2, 0.25) is 0 Å². The first-order valence-electron chi connectivity index (χ1n) is 11.7. The summed E-state index contributed by atoms with van der Waals surface area (Å²) in [5.41, 5.74) is -0.868. The third kappa shape index (κ3) is 9.85. The molecular weight excluding hydrogens is 465 g/mol. The SMILES string of the molecule is CC(C)OC(=O)CCC/C=C\C[C@H]1[C@H](/C=C/C(=O)COc2cccc(C(F)(F)F)c2)[C@@H](O)C[C@H]1O. The highest BCUT2D eigenvalue weighted by Gasteiger charge is 2.39. The van der Waals surface area contributed by atoms with Gasteiger partial charge in [0.15, 0.2) is 12.4 Å². The first-order valence-corrected chi connectivity index (χ1v) is 11.7. The van der Waals surface area contributed by atoms with Gasteiger partial charge in [0, 0.05) is 18.8 Å². The van der Waals surface area contributed by atoms with E-state index in [-0.39, 0.29) is 30.2 Å². The van der Waals surface area contributed by atoms with E-state index < -0.39 is 42.3 Å². The predicted octanol–water partition coefficient (Wildman–Crippen LogP) is 4.64. The molecule has 35 heavy (non-hydrogen) atoms. The van der Waals surface area contributed by atoms with Crippen molar-refractivity contribution in [3.05, 3.63) is 54.1 Å². The van der Waals surface area contributed by atoms with E-state index in [1.54, 1.807) is 13.8 Å². The Labute approximate surface area is 203 Å². The number of halogens is 3. The zero-order valence-corrected chi connectivity index (χ0v) is 19.9. The van der Waals surface area contributed by atoms with E-state index in [9.17, 15) is 33.0 Å². The highest BCUT2D eigenvalue weighted by molar-refractivity contribution is 5.91. The number of aliphatic hydroxyl groups excluding tert-OH is 2. The molecule has 1 aromatic carbocycles. The quantitative estimate of drug-likeness (QED) is 0.189. The summed E-state index contributed by atoms with van der Waals surface area (Å²) in [5.74, 6) is -1.53. The summed E-state index contributed by atoms with van der Waals surface area (Å²) in [5, 5.41) is 20.6. The van der Waals surface area contributed by atoms with Gasteiger partial charge in [-0.25, -0.2) is 0 Å². The third-order valence-electron chi connectivity index (χ3n) is 5.66. The van der Waals surface area contributed by atoms with Crippen molar-refractivity contribution in [2.75, 3.05) is 6.61 Å². The van der Waals surface area contributed by atoms with E-state index in [2.05, 4.69) is 0 Å². The molecule has 6 nitrogen and oxygen atoms in total. The largest absolute Gasteiger partial charge is 0.485 e. The Kier molecular flexibility index (Phi) is 11.0. The highest BCUT2D eigenvalue weighted by Crippen LogP contribution is 2.36. The van der Waals surface area contributed by atoms with Crippen molar-refractivity contribution in [2.45, 2.75) is 70.4 Å². The van der Waals surface area contributed by atoms with Crippen LogP contribution in [0.15, 0.2) is 48.6 Å². The number of carbonyl (C=O) groups is 2. The Morgan fingerprint density at radius 3 is 2.60 bits per heavy atom. The first kappa shape index (κ1) is 28.6. The van der Waals surface area contributed by atoms with Gasteiger partial charge in [-0.3, -0.25) is 9.59 Å². The van der Waals surface area contributed by atoms with Crippen molar-refractivity contribution in [2.24, 2.45) is 11.8 Å². The molecule has 2 N–H and O–H groups in total. The highest BCUT2D eigenvalue weighted by atomic mass is 19.4. The Hall–Kier alpha value is -2.65. The second-order valence-corrected chi connectivity index (χ2v) is 8.89. The summed E-state index contributed by atoms with van der Waals surface area (Å²) < 4.78 is 48.6. The van der Waals surface area contributed by atoms with Crippen LogP contribution in [0.1, 0.15) is 51.5 Å². The number of hydrogen-bond donors (Lipinski definition) is 2. The lowest BCUT2D eigenvalue weighted by Gasteiger charge is -2.19. The molecule has 9 heteroatoms. The number of alkyl halides is 3. The molecule has 0 aliphatic heterocycles. The van der Waals surface area contributed by atoms with Crippen LogP contribution >= 0.6 is 0 Å². The fourth-order valence-corrected chi connectivity index (χ4v) is 3.95. The standard InChI is InChI=1S/C26H33F3O6/c1-17(2)35-25(33)11-6-4-3-5-10-21-22(24(32)15-23(21)31)13-12-19(30)16-34-20-9-7-8-18(14-20)26(27,28)29/h3,5,7-9,12-14,17,21-24,31-32H,4,6,10-11,15-16H2,1-2H3/b5-3-,13-12+/t21-,22-,23+,24-/m0/s1. The summed E-state index contributed by atoms with van der Waals surface area (Å²) in [7, 11) is 0. The Morgan fingerprint density at radius 1 is 1.17 bits per heavy atom. The molecule has 0 radical (unpaired) electrons. The second-order valence-electron chi connectivity index (χ2n) is 8.89. The van der Waals surface area contributed by atoms with Crippen LogP contribution in [0, 0.1) is 11.8 Å². The minimum absolute atomic E-state index is 0.0709. The molecule has 4 atom stereocenters. The van der Waals surface area contributed by atoms with Crippen LogP contribution in [-0.4, -0.2) is 46.9 Å². The number of aliphatic hydroxyl groups is 2. The summed E-state index contributed by atoms with van der Waals surface area (Å²) in [6, 6.07) is 4.27. The van der Waals surface area contributed by atoms with E-state index in [1.807, 2.05) is 12.2 Å². The molecule has 0 spiro atoms. The Balaban J connectivity index is 1.83. The van der Waals surface area contributed by atoms with Gasteiger partial charge in [-0.2, -0.15) is 13.2 Å². The van der Waals surface area contributed by atoms with Gasteiger partial charge in [-0.1, -0.05) is 24.3 Å². The van der Waals surface area contributed by atoms with Crippen LogP contribution < -0.4 is 4.74 Å². The monoisotopic (exact) mass is 498 g/mol. The van der Waals surface area contributed by atoms with Gasteiger partial charge < -0.3 is 19.7 Å². The van der Waals surface area contributed by atoms with Gasteiger partial charge in [0.1, 0.15) is 5.75 Å². The Bertz CT molecular complexity index is 893. The van der Waals surface area contributed by atoms with Crippen molar-refractivity contribution >= 4 is 11.8 Å². The molecule has 1 saturated carbocycles. The smallest absolute Gasteiger partial charge is 0.416 e. The predicted molar refractivity (Wildman–Crippen MR) is 124 cm³/mol. The molecule has 0 aromatic heterocycles. The van der Waals surface area contributed by atoms with Crippen LogP contribution in [0.4, 0.5) is 13.2 Å². The van der Waals surface area contributed by atoms with Gasteiger partial charge in [-0.05, 0) is 63.3 Å². The maximum absolute atomic E-state index is 12.8. The average Bonchev–Trinajstić information content (AvgIpc) is 3.04. The molecule has 194 valence electrons. The number of ketones is 1. The van der Waals surface area contributed by atoms with Crippen molar-refractivity contribution < 1.29 is 42.4 Å². The minimum atomic E-state index is -4.51. The lowest BCUT2D eigenvalue weighted by Crippen LogP contribution is -2.20. The molecule has 0 heterocycles. The first-order chi connectivity index (χ1) is 16.5. The lowest BCUT2D eigenvalue weighted by atomic mass is 9.89. The fourth-order valence-electron chi connectivity index (χ4n) is 3.95. The number of unbranched alkanes of at least 4 members (excludes halogenated alkanes) is 1. The van der Waals surface area contributed by atoms with Crippen molar-refractivity contribution in [1.29, 1.82) is 0 Å². The van der Waals surface area contributed by atoms with Crippen LogP contribution in [0.25, 0.3) is 0 Å². The van der Waals surface area contributed by atoms with Crippen molar-refractivity contribution in [3.8, 4) is 5.75 Å². The fraction of sp³-hybridized carbons (Fsp3) is 0.538. The van der Waals surface area contributed by atoms with E-state index >= 15 is 0 Å². The topological polar surface area (TPSA) is 93.1 Å². The summed E-state index contributed by atoms with van der Waals surface area (Å²) >= 11 is 0. The molecule has 0 unspecified atom stereocenters. The van der Waals surface area contributed by atoms with Gasteiger partial charge in [-0.15, -0.1) is 0 Å². The summed E-state index contributed by atoms with van der Waals surface area (Å²) in [6.45, 7) is 3.13. The van der Waals surface area contributed by atoms with Gasteiger partial charge >= 0.3 is 12.1 Å². The number of benzene rings is 1. The number of hydrogen-bond acceptors (Lipinski definition) is 6. The average molecular weight is 499 g/mol. The molecule has 1 aromatic rings. The number of carbonyl (C=O) groups excluding carboxylic acids is 2. The van der Waals surface area contributed by atoms with Crippen molar-refractivity contribution in [3.63, 3.8) is 0 Å². The lowest BCUT2D eigenvalue weighted by molar-refractivity contribution is -0.147. The van der Waals surface area contributed by atoms with Crippen LogP contribution in [0.2, 0.25) is 0 Å². The molecule has 0 amide bonds. The maximum Gasteiger partial charge on any atom is 0.416 e. The van der Waals surface area contributed by atoms with Crippen molar-refractivity contribution in [1.82, 2.24) is 0 Å². The maximum atomic E-state index is 12.8. The minimum Gasteiger partial charge on any atom is -0.485 e. The summed E-state index contributed by atoms with van der Waals surface area (Å²) in [6.07, 6.45) is 2.66. The molecule has 2 rings (SSSR count). The van der Waals surface area contributed by atoms with E-state index in [0.29, 0.717) is 25.7 Å². The Morgan fingerprint density at radius 2 is 1.91 bits per heavy atom. The molecule has 0 saturated heterocycles. The molecule has 1 aliphatic rings. The summed E-state index contributed by atoms with van der Waals surface area (Å²) in [4.78, 5) is 23.7. The zero-order valence-electron chi connectivity index (χ0n) is 19.9. The normalized spacial score (nSPS) is 22.9. The van der Waals surface area contributed by atoms with Gasteiger partial charge in [0.05, 0.1) is 23.9 Å². The number of allylic oxidation sites excluding steroid dienone is 2. The van der Waals surface area contributed by atoms with E-state index in [4.69, 9.17) is 9.47 Å². The molecule has 1 fully saturated rings. The van der Waals surface area contributed by atoms with Crippen LogP contribution in [0.5, 0.6) is 5.75 Å².